The second-order valence-corrected chi connectivity index (χ2v) is 8.65. The van der Waals surface area contributed by atoms with Gasteiger partial charge in [0.1, 0.15) is 13.2 Å². The fourth-order valence-electron chi connectivity index (χ4n) is 4.12. The van der Waals surface area contributed by atoms with Crippen LogP contribution in [0.5, 0.6) is 11.5 Å². The molecule has 166 valence electrons. The van der Waals surface area contributed by atoms with Crippen LogP contribution in [0.4, 0.5) is 0 Å². The minimum Gasteiger partial charge on any atom is -0.486 e. The topological polar surface area (TPSA) is 51.2 Å². The predicted octanol–water partition coefficient (Wildman–Crippen LogP) is 3.10. The quantitative estimate of drug-likeness (QED) is 0.684. The lowest BCUT2D eigenvalue weighted by molar-refractivity contribution is -0.137. The van der Waals surface area contributed by atoms with E-state index in [1.165, 1.54) is 0 Å². The Morgan fingerprint density at radius 3 is 2.42 bits per heavy atom. The molecule has 2 aromatic carbocycles. The maximum atomic E-state index is 13.8. The van der Waals surface area contributed by atoms with Gasteiger partial charge in [0.05, 0.1) is 18.6 Å². The lowest BCUT2D eigenvalue weighted by Gasteiger charge is -2.35. The number of hydrogen-bond acceptors (Lipinski definition) is 5. The van der Waals surface area contributed by atoms with Crippen molar-refractivity contribution in [2.45, 2.75) is 25.8 Å². The molecule has 0 aromatic heterocycles. The molecule has 0 radical (unpaired) electrons. The van der Waals surface area contributed by atoms with Crippen molar-refractivity contribution in [3.63, 3.8) is 0 Å². The molecule has 0 spiro atoms. The highest BCUT2D eigenvalue weighted by molar-refractivity contribution is 5.87. The molecule has 0 bridgehead atoms. The number of hydrogen-bond donors (Lipinski definition) is 0. The van der Waals surface area contributed by atoms with Crippen LogP contribution in [-0.4, -0.2) is 68.3 Å². The van der Waals surface area contributed by atoms with Crippen molar-refractivity contribution in [1.82, 2.24) is 9.80 Å². The van der Waals surface area contributed by atoms with E-state index in [-0.39, 0.29) is 5.91 Å². The van der Waals surface area contributed by atoms with Crippen molar-refractivity contribution in [1.29, 1.82) is 0 Å². The van der Waals surface area contributed by atoms with E-state index in [0.29, 0.717) is 26.3 Å². The van der Waals surface area contributed by atoms with Gasteiger partial charge in [-0.3, -0.25) is 9.69 Å². The molecular weight excluding hydrogens is 392 g/mol. The molecule has 2 aromatic rings. The van der Waals surface area contributed by atoms with Gasteiger partial charge < -0.3 is 19.1 Å². The maximum absolute atomic E-state index is 13.8. The lowest BCUT2D eigenvalue weighted by Crippen LogP contribution is -2.47. The molecule has 0 unspecified atom stereocenters. The summed E-state index contributed by atoms with van der Waals surface area (Å²) in [6, 6.07) is 16.0. The first-order valence-corrected chi connectivity index (χ1v) is 11.1. The van der Waals surface area contributed by atoms with Crippen LogP contribution in [0, 0.1) is 0 Å². The van der Waals surface area contributed by atoms with Crippen molar-refractivity contribution in [3.05, 3.63) is 59.7 Å². The molecule has 0 aliphatic carbocycles. The number of nitrogens with zero attached hydrogens (tertiary/aromatic N) is 2. The number of ether oxygens (including phenoxy) is 3. The number of morpholine rings is 1. The summed E-state index contributed by atoms with van der Waals surface area (Å²) in [5, 5.41) is 0. The highest BCUT2D eigenvalue weighted by Gasteiger charge is 2.34. The second-order valence-electron chi connectivity index (χ2n) is 8.65. The van der Waals surface area contributed by atoms with Crippen LogP contribution in [0.2, 0.25) is 0 Å². The normalized spacial score (nSPS) is 16.7. The van der Waals surface area contributed by atoms with Crippen molar-refractivity contribution in [2.24, 2.45) is 0 Å². The van der Waals surface area contributed by atoms with E-state index >= 15 is 0 Å². The molecule has 2 aliphatic heterocycles. The van der Waals surface area contributed by atoms with E-state index in [1.807, 2.05) is 67.3 Å². The fraction of sp³-hybridized carbons (Fsp3) is 0.480. The van der Waals surface area contributed by atoms with Gasteiger partial charge in [-0.05, 0) is 37.1 Å². The first-order valence-electron chi connectivity index (χ1n) is 11.1. The molecule has 0 atom stereocenters. The van der Waals surface area contributed by atoms with Crippen LogP contribution in [-0.2, 0) is 21.5 Å². The standard InChI is InChI=1S/C25H32N2O4/c1-25(2,21-6-4-3-5-7-21)24(28)27(11-10-26-12-14-29-15-13-26)19-20-8-9-22-23(18-20)31-17-16-30-22/h3-9,18H,10-17,19H2,1-2H3. The smallest absolute Gasteiger partial charge is 0.233 e. The zero-order valence-electron chi connectivity index (χ0n) is 18.5. The summed E-state index contributed by atoms with van der Waals surface area (Å²) in [7, 11) is 0. The Bertz CT molecular complexity index is 878. The molecule has 0 N–H and O–H groups in total. The van der Waals surface area contributed by atoms with E-state index in [0.717, 1.165) is 55.5 Å². The molecule has 1 fully saturated rings. The van der Waals surface area contributed by atoms with Gasteiger partial charge in [0, 0.05) is 32.7 Å². The largest absolute Gasteiger partial charge is 0.486 e. The number of fused-ring (bicyclic) bond motifs is 1. The molecular formula is C25H32N2O4. The third-order valence-corrected chi connectivity index (χ3v) is 6.09. The molecule has 6 nitrogen and oxygen atoms in total. The summed E-state index contributed by atoms with van der Waals surface area (Å²) >= 11 is 0. The second kappa shape index (κ2) is 9.71. The minimum atomic E-state index is -0.611. The third-order valence-electron chi connectivity index (χ3n) is 6.09. The van der Waals surface area contributed by atoms with E-state index in [4.69, 9.17) is 14.2 Å². The van der Waals surface area contributed by atoms with Crippen LogP contribution in [0.25, 0.3) is 0 Å². The first-order chi connectivity index (χ1) is 15.0. The average Bonchev–Trinajstić information content (AvgIpc) is 2.82. The Morgan fingerprint density at radius 2 is 1.68 bits per heavy atom. The molecule has 1 amide bonds. The minimum absolute atomic E-state index is 0.127. The number of rotatable bonds is 7. The third kappa shape index (κ3) is 5.20. The molecule has 31 heavy (non-hydrogen) atoms. The zero-order chi connectivity index (χ0) is 21.7. The number of amides is 1. The Balaban J connectivity index is 1.54. The first kappa shape index (κ1) is 21.7. The van der Waals surface area contributed by atoms with Crippen molar-refractivity contribution >= 4 is 5.91 Å². The summed E-state index contributed by atoms with van der Waals surface area (Å²) in [6.07, 6.45) is 0. The van der Waals surface area contributed by atoms with Crippen molar-refractivity contribution in [2.75, 3.05) is 52.6 Å². The van der Waals surface area contributed by atoms with Gasteiger partial charge in [-0.1, -0.05) is 36.4 Å². The van der Waals surface area contributed by atoms with Gasteiger partial charge in [-0.2, -0.15) is 0 Å². The van der Waals surface area contributed by atoms with Crippen LogP contribution < -0.4 is 9.47 Å². The Labute approximate surface area is 184 Å². The Kier molecular flexibility index (Phi) is 6.78. The average molecular weight is 425 g/mol. The Morgan fingerprint density at radius 1 is 0.968 bits per heavy atom. The van der Waals surface area contributed by atoms with E-state index in [9.17, 15) is 4.79 Å². The number of carbonyl (C=O) groups is 1. The highest BCUT2D eigenvalue weighted by atomic mass is 16.6. The molecule has 2 heterocycles. The molecule has 0 saturated carbocycles. The predicted molar refractivity (Wildman–Crippen MR) is 120 cm³/mol. The number of carbonyl (C=O) groups excluding carboxylic acids is 1. The van der Waals surface area contributed by atoms with Gasteiger partial charge in [0.25, 0.3) is 0 Å². The summed E-state index contributed by atoms with van der Waals surface area (Å²) in [5.74, 6) is 1.65. The van der Waals surface area contributed by atoms with E-state index < -0.39 is 5.41 Å². The van der Waals surface area contributed by atoms with Gasteiger partial charge in [-0.25, -0.2) is 0 Å². The van der Waals surface area contributed by atoms with Crippen molar-refractivity contribution < 1.29 is 19.0 Å². The summed E-state index contributed by atoms with van der Waals surface area (Å²) in [6.45, 7) is 10.5. The van der Waals surface area contributed by atoms with Gasteiger partial charge in [-0.15, -0.1) is 0 Å². The SMILES string of the molecule is CC(C)(C(=O)N(CCN1CCOCC1)Cc1ccc2c(c1)OCCO2)c1ccccc1. The molecule has 4 rings (SSSR count). The van der Waals surface area contributed by atoms with Crippen LogP contribution in [0.3, 0.4) is 0 Å². The summed E-state index contributed by atoms with van der Waals surface area (Å²) in [5.41, 5.74) is 1.46. The van der Waals surface area contributed by atoms with Gasteiger partial charge in [0.15, 0.2) is 11.5 Å². The molecule has 1 saturated heterocycles. The number of benzene rings is 2. The van der Waals surface area contributed by atoms with Crippen LogP contribution >= 0.6 is 0 Å². The molecule has 2 aliphatic rings. The summed E-state index contributed by atoms with van der Waals surface area (Å²) in [4.78, 5) is 18.1. The Hall–Kier alpha value is -2.57. The van der Waals surface area contributed by atoms with Gasteiger partial charge in [0.2, 0.25) is 5.91 Å². The fourth-order valence-corrected chi connectivity index (χ4v) is 4.12. The molecule has 6 heteroatoms. The summed E-state index contributed by atoms with van der Waals surface area (Å²) < 4.78 is 16.9. The van der Waals surface area contributed by atoms with Crippen LogP contribution in [0.1, 0.15) is 25.0 Å². The van der Waals surface area contributed by atoms with Crippen LogP contribution in [0.15, 0.2) is 48.5 Å². The maximum Gasteiger partial charge on any atom is 0.233 e. The lowest BCUT2D eigenvalue weighted by atomic mass is 9.83. The highest BCUT2D eigenvalue weighted by Crippen LogP contribution is 2.32. The van der Waals surface area contributed by atoms with Crippen molar-refractivity contribution in [3.8, 4) is 11.5 Å². The van der Waals surface area contributed by atoms with Gasteiger partial charge >= 0.3 is 0 Å². The van der Waals surface area contributed by atoms with E-state index in [2.05, 4.69) is 4.90 Å². The zero-order valence-corrected chi connectivity index (χ0v) is 18.5. The van der Waals surface area contributed by atoms with E-state index in [1.54, 1.807) is 0 Å². The monoisotopic (exact) mass is 424 g/mol.